The van der Waals surface area contributed by atoms with Gasteiger partial charge >= 0.3 is 0 Å². The van der Waals surface area contributed by atoms with Gasteiger partial charge in [-0.25, -0.2) is 0 Å². The van der Waals surface area contributed by atoms with E-state index in [1.54, 1.807) is 0 Å². The van der Waals surface area contributed by atoms with Crippen LogP contribution in [0.5, 0.6) is 0 Å². The number of nitrogens with one attached hydrogen (secondary N) is 2. The zero-order valence-electron chi connectivity index (χ0n) is 14.1. The number of H-pyrrole nitrogens is 1. The molecule has 0 fully saturated rings. The van der Waals surface area contributed by atoms with Crippen molar-refractivity contribution in [3.63, 3.8) is 0 Å². The molecule has 0 saturated heterocycles. The summed E-state index contributed by atoms with van der Waals surface area (Å²) in [6.45, 7) is 3.64. The van der Waals surface area contributed by atoms with Crippen molar-refractivity contribution in [3.05, 3.63) is 45.7 Å². The van der Waals surface area contributed by atoms with Gasteiger partial charge in [0, 0.05) is 24.0 Å². The van der Waals surface area contributed by atoms with E-state index in [0.717, 1.165) is 29.4 Å². The summed E-state index contributed by atoms with van der Waals surface area (Å²) in [5.74, 6) is -0.00695. The summed E-state index contributed by atoms with van der Waals surface area (Å²) in [5, 5.41) is 3.90. The van der Waals surface area contributed by atoms with E-state index in [1.165, 1.54) is 0 Å². The Morgan fingerprint density at radius 1 is 1.26 bits per heavy atom. The number of hydrogen-bond acceptors (Lipinski definition) is 3. The molecule has 124 valence electrons. The molecular weight excluding hydrogens is 290 g/mol. The Morgan fingerprint density at radius 2 is 2.04 bits per heavy atom. The SMILES string of the molecule is Cc1ccc2[nH]c(=O)c(CCC(=O)NCCCN(C)C)cc2c1. The van der Waals surface area contributed by atoms with Crippen molar-refractivity contribution in [2.75, 3.05) is 27.2 Å². The number of hydrogen-bond donors (Lipinski definition) is 2. The molecule has 0 saturated carbocycles. The zero-order chi connectivity index (χ0) is 16.8. The Hall–Kier alpha value is -2.14. The summed E-state index contributed by atoms with van der Waals surface area (Å²) in [4.78, 5) is 28.9. The van der Waals surface area contributed by atoms with E-state index >= 15 is 0 Å². The van der Waals surface area contributed by atoms with Crippen molar-refractivity contribution in [2.45, 2.75) is 26.2 Å². The third kappa shape index (κ3) is 5.21. The number of carbonyl (C=O) groups excluding carboxylic acids is 1. The van der Waals surface area contributed by atoms with E-state index in [9.17, 15) is 9.59 Å². The molecule has 2 rings (SSSR count). The normalized spacial score (nSPS) is 11.1. The number of pyridine rings is 1. The Morgan fingerprint density at radius 3 is 2.78 bits per heavy atom. The quantitative estimate of drug-likeness (QED) is 0.766. The van der Waals surface area contributed by atoms with Crippen LogP contribution in [-0.2, 0) is 11.2 Å². The van der Waals surface area contributed by atoms with Gasteiger partial charge in [0.05, 0.1) is 0 Å². The maximum Gasteiger partial charge on any atom is 0.251 e. The first-order valence-corrected chi connectivity index (χ1v) is 7.99. The smallest absolute Gasteiger partial charge is 0.251 e. The Labute approximate surface area is 136 Å². The van der Waals surface area contributed by atoms with E-state index in [0.29, 0.717) is 24.9 Å². The lowest BCUT2D eigenvalue weighted by Crippen LogP contribution is -2.27. The standard InChI is InChI=1S/C18H25N3O2/c1-13-5-7-16-15(11-13)12-14(18(23)20-16)6-8-17(22)19-9-4-10-21(2)3/h5,7,11-12H,4,6,8-10H2,1-3H3,(H,19,22)(H,20,23). The predicted molar refractivity (Wildman–Crippen MR) is 93.8 cm³/mol. The van der Waals surface area contributed by atoms with Crippen LogP contribution in [0, 0.1) is 6.92 Å². The summed E-state index contributed by atoms with van der Waals surface area (Å²) in [7, 11) is 4.02. The molecule has 0 aliphatic carbocycles. The Bertz CT molecular complexity index is 735. The van der Waals surface area contributed by atoms with Crippen LogP contribution in [-0.4, -0.2) is 43.0 Å². The van der Waals surface area contributed by atoms with Gasteiger partial charge in [-0.2, -0.15) is 0 Å². The van der Waals surface area contributed by atoms with Crippen molar-refractivity contribution in [2.24, 2.45) is 0 Å². The third-order valence-electron chi connectivity index (χ3n) is 3.80. The van der Waals surface area contributed by atoms with Gasteiger partial charge in [-0.1, -0.05) is 11.6 Å². The summed E-state index contributed by atoms with van der Waals surface area (Å²) in [6, 6.07) is 7.81. The fourth-order valence-electron chi connectivity index (χ4n) is 2.52. The van der Waals surface area contributed by atoms with Crippen LogP contribution in [0.4, 0.5) is 0 Å². The maximum atomic E-state index is 12.1. The minimum atomic E-state index is -0.109. The molecule has 1 aromatic heterocycles. The number of aryl methyl sites for hydroxylation is 2. The third-order valence-corrected chi connectivity index (χ3v) is 3.80. The van der Waals surface area contributed by atoms with Crippen molar-refractivity contribution >= 4 is 16.8 Å². The monoisotopic (exact) mass is 315 g/mol. The lowest BCUT2D eigenvalue weighted by molar-refractivity contribution is -0.121. The molecule has 1 amide bonds. The minimum absolute atomic E-state index is 0.00695. The lowest BCUT2D eigenvalue weighted by atomic mass is 10.1. The van der Waals surface area contributed by atoms with Gasteiger partial charge in [-0.15, -0.1) is 0 Å². The van der Waals surface area contributed by atoms with E-state index in [4.69, 9.17) is 0 Å². The average molecular weight is 315 g/mol. The Kier molecular flexibility index (Phi) is 5.93. The molecule has 2 aromatic rings. The highest BCUT2D eigenvalue weighted by Gasteiger charge is 2.07. The molecule has 1 aromatic carbocycles. The van der Waals surface area contributed by atoms with Crippen molar-refractivity contribution in [1.82, 2.24) is 15.2 Å². The number of benzene rings is 1. The van der Waals surface area contributed by atoms with E-state index in [2.05, 4.69) is 15.2 Å². The minimum Gasteiger partial charge on any atom is -0.356 e. The first kappa shape index (κ1) is 17.2. The molecule has 0 spiro atoms. The van der Waals surface area contributed by atoms with Gasteiger partial charge in [-0.3, -0.25) is 9.59 Å². The number of aromatic amines is 1. The van der Waals surface area contributed by atoms with Crippen molar-refractivity contribution in [3.8, 4) is 0 Å². The van der Waals surface area contributed by atoms with Gasteiger partial charge in [-0.05, 0) is 64.0 Å². The van der Waals surface area contributed by atoms with Crippen LogP contribution in [0.1, 0.15) is 24.0 Å². The molecule has 23 heavy (non-hydrogen) atoms. The van der Waals surface area contributed by atoms with Gasteiger partial charge in [0.2, 0.25) is 5.91 Å². The lowest BCUT2D eigenvalue weighted by Gasteiger charge is -2.10. The van der Waals surface area contributed by atoms with Crippen LogP contribution < -0.4 is 10.9 Å². The summed E-state index contributed by atoms with van der Waals surface area (Å²) in [5.41, 5.74) is 2.53. The van der Waals surface area contributed by atoms with E-state index < -0.39 is 0 Å². The second kappa shape index (κ2) is 7.92. The summed E-state index contributed by atoms with van der Waals surface area (Å²) >= 11 is 0. The molecule has 5 nitrogen and oxygen atoms in total. The van der Waals surface area contributed by atoms with E-state index in [-0.39, 0.29) is 11.5 Å². The fraction of sp³-hybridized carbons (Fsp3) is 0.444. The molecule has 2 N–H and O–H groups in total. The molecular formula is C18H25N3O2. The Balaban J connectivity index is 1.92. The second-order valence-corrected chi connectivity index (χ2v) is 6.22. The molecule has 0 unspecified atom stereocenters. The van der Waals surface area contributed by atoms with Crippen LogP contribution in [0.15, 0.2) is 29.1 Å². The van der Waals surface area contributed by atoms with E-state index in [1.807, 2.05) is 45.3 Å². The maximum absolute atomic E-state index is 12.1. The highest BCUT2D eigenvalue weighted by Crippen LogP contribution is 2.13. The number of carbonyl (C=O) groups is 1. The van der Waals surface area contributed by atoms with Crippen LogP contribution >= 0.6 is 0 Å². The fourth-order valence-corrected chi connectivity index (χ4v) is 2.52. The summed E-state index contributed by atoms with van der Waals surface area (Å²) in [6.07, 6.45) is 1.72. The largest absolute Gasteiger partial charge is 0.356 e. The van der Waals surface area contributed by atoms with Crippen LogP contribution in [0.25, 0.3) is 10.9 Å². The average Bonchev–Trinajstić information content (AvgIpc) is 2.49. The van der Waals surface area contributed by atoms with Crippen molar-refractivity contribution < 1.29 is 4.79 Å². The van der Waals surface area contributed by atoms with Gasteiger partial charge in [0.15, 0.2) is 0 Å². The molecule has 1 heterocycles. The molecule has 0 aliphatic heterocycles. The topological polar surface area (TPSA) is 65.2 Å². The first-order chi connectivity index (χ1) is 11.0. The highest BCUT2D eigenvalue weighted by molar-refractivity contribution is 5.80. The number of amides is 1. The molecule has 0 aliphatic rings. The number of rotatable bonds is 7. The molecule has 0 radical (unpaired) electrons. The second-order valence-electron chi connectivity index (χ2n) is 6.22. The zero-order valence-corrected chi connectivity index (χ0v) is 14.1. The van der Waals surface area contributed by atoms with Gasteiger partial charge in [0.25, 0.3) is 5.56 Å². The molecule has 0 bridgehead atoms. The van der Waals surface area contributed by atoms with Crippen LogP contribution in [0.2, 0.25) is 0 Å². The first-order valence-electron chi connectivity index (χ1n) is 7.99. The molecule has 5 heteroatoms. The van der Waals surface area contributed by atoms with Crippen LogP contribution in [0.3, 0.4) is 0 Å². The van der Waals surface area contributed by atoms with Crippen molar-refractivity contribution in [1.29, 1.82) is 0 Å². The number of fused-ring (bicyclic) bond motifs is 1. The number of aromatic nitrogens is 1. The molecule has 0 atom stereocenters. The number of nitrogens with zero attached hydrogens (tertiary/aromatic N) is 1. The van der Waals surface area contributed by atoms with Gasteiger partial charge < -0.3 is 15.2 Å². The summed E-state index contributed by atoms with van der Waals surface area (Å²) < 4.78 is 0. The highest BCUT2D eigenvalue weighted by atomic mass is 16.1. The predicted octanol–water partition coefficient (Wildman–Crippen LogP) is 1.84. The van der Waals surface area contributed by atoms with Gasteiger partial charge in [0.1, 0.15) is 0 Å².